The summed E-state index contributed by atoms with van der Waals surface area (Å²) in [6.07, 6.45) is 0. The molecule has 0 aliphatic carbocycles. The highest BCUT2D eigenvalue weighted by molar-refractivity contribution is 9.10. The van der Waals surface area contributed by atoms with Crippen LogP contribution in [0.4, 0.5) is 16.2 Å². The Morgan fingerprint density at radius 2 is 1.76 bits per heavy atom. The van der Waals surface area contributed by atoms with Crippen molar-refractivity contribution in [3.63, 3.8) is 0 Å². The van der Waals surface area contributed by atoms with Crippen molar-refractivity contribution in [2.75, 3.05) is 43.5 Å². The van der Waals surface area contributed by atoms with Gasteiger partial charge in [0.05, 0.1) is 7.11 Å². The topological polar surface area (TPSA) is 44.8 Å². The Labute approximate surface area is 156 Å². The third-order valence-corrected chi connectivity index (χ3v) is 5.28. The summed E-state index contributed by atoms with van der Waals surface area (Å²) in [5.41, 5.74) is 3.11. The van der Waals surface area contributed by atoms with Crippen LogP contribution in [0.25, 0.3) is 0 Å². The second-order valence-corrected chi connectivity index (χ2v) is 6.92. The fourth-order valence-corrected chi connectivity index (χ4v) is 3.21. The number of anilines is 2. The Morgan fingerprint density at radius 1 is 1.08 bits per heavy atom. The number of nitrogens with zero attached hydrogens (tertiary/aromatic N) is 2. The highest BCUT2D eigenvalue weighted by Gasteiger charge is 2.21. The minimum Gasteiger partial charge on any atom is -0.497 e. The number of aryl methyl sites for hydroxylation is 1. The maximum atomic E-state index is 12.5. The van der Waals surface area contributed by atoms with Crippen molar-refractivity contribution in [2.24, 2.45) is 0 Å². The average Bonchev–Trinajstić information content (AvgIpc) is 2.65. The van der Waals surface area contributed by atoms with E-state index in [1.54, 1.807) is 7.11 Å². The van der Waals surface area contributed by atoms with E-state index in [-0.39, 0.29) is 6.03 Å². The van der Waals surface area contributed by atoms with Crippen molar-refractivity contribution in [3.05, 3.63) is 52.5 Å². The summed E-state index contributed by atoms with van der Waals surface area (Å²) in [5.74, 6) is 0.853. The fourth-order valence-electron chi connectivity index (χ4n) is 2.83. The van der Waals surface area contributed by atoms with Gasteiger partial charge in [-0.25, -0.2) is 4.79 Å². The number of ether oxygens (including phenoxy) is 1. The van der Waals surface area contributed by atoms with Crippen LogP contribution in [-0.2, 0) is 0 Å². The summed E-state index contributed by atoms with van der Waals surface area (Å²) >= 11 is 3.50. The lowest BCUT2D eigenvalue weighted by molar-refractivity contribution is 0.208. The van der Waals surface area contributed by atoms with Crippen LogP contribution < -0.4 is 15.0 Å². The molecule has 0 unspecified atom stereocenters. The van der Waals surface area contributed by atoms with E-state index in [9.17, 15) is 4.79 Å². The van der Waals surface area contributed by atoms with Crippen LogP contribution >= 0.6 is 15.9 Å². The molecule has 3 rings (SSSR count). The van der Waals surface area contributed by atoms with E-state index < -0.39 is 0 Å². The predicted octanol–water partition coefficient (Wildman–Crippen LogP) is 4.12. The second-order valence-electron chi connectivity index (χ2n) is 6.07. The van der Waals surface area contributed by atoms with E-state index in [1.807, 2.05) is 42.2 Å². The number of urea groups is 1. The van der Waals surface area contributed by atoms with Gasteiger partial charge >= 0.3 is 6.03 Å². The Morgan fingerprint density at radius 3 is 2.36 bits per heavy atom. The van der Waals surface area contributed by atoms with Gasteiger partial charge in [-0.15, -0.1) is 0 Å². The largest absolute Gasteiger partial charge is 0.497 e. The van der Waals surface area contributed by atoms with Crippen LogP contribution in [0.5, 0.6) is 5.75 Å². The van der Waals surface area contributed by atoms with E-state index in [0.717, 1.165) is 40.2 Å². The van der Waals surface area contributed by atoms with E-state index in [2.05, 4.69) is 38.3 Å². The zero-order chi connectivity index (χ0) is 17.8. The molecule has 6 heteroatoms. The molecule has 1 fully saturated rings. The molecule has 25 heavy (non-hydrogen) atoms. The smallest absolute Gasteiger partial charge is 0.321 e. The first-order chi connectivity index (χ1) is 12.1. The molecule has 0 radical (unpaired) electrons. The van der Waals surface area contributed by atoms with Gasteiger partial charge in [-0.3, -0.25) is 0 Å². The lowest BCUT2D eigenvalue weighted by Crippen LogP contribution is -2.50. The van der Waals surface area contributed by atoms with E-state index in [1.165, 1.54) is 0 Å². The summed E-state index contributed by atoms with van der Waals surface area (Å²) in [6, 6.07) is 13.8. The summed E-state index contributed by atoms with van der Waals surface area (Å²) in [6.45, 7) is 5.05. The highest BCUT2D eigenvalue weighted by atomic mass is 79.9. The molecular formula is C19H22BrN3O2. The van der Waals surface area contributed by atoms with E-state index in [4.69, 9.17) is 4.74 Å². The number of piperazine rings is 1. The van der Waals surface area contributed by atoms with Gasteiger partial charge in [0, 0.05) is 42.0 Å². The van der Waals surface area contributed by atoms with Crippen LogP contribution in [-0.4, -0.2) is 44.2 Å². The Balaban J connectivity index is 1.55. The SMILES string of the molecule is COc1ccc(N2CCN(C(=O)Nc3ccc(C)c(Br)c3)CC2)cc1. The van der Waals surface area contributed by atoms with Crippen molar-refractivity contribution >= 4 is 33.3 Å². The summed E-state index contributed by atoms with van der Waals surface area (Å²) in [7, 11) is 1.67. The molecule has 0 spiro atoms. The number of nitrogens with one attached hydrogen (secondary N) is 1. The van der Waals surface area contributed by atoms with Crippen LogP contribution in [0, 0.1) is 6.92 Å². The number of halogens is 1. The Kier molecular flexibility index (Phi) is 5.48. The molecule has 5 nitrogen and oxygen atoms in total. The van der Waals surface area contributed by atoms with Crippen molar-refractivity contribution < 1.29 is 9.53 Å². The van der Waals surface area contributed by atoms with Gasteiger partial charge in [0.25, 0.3) is 0 Å². The molecule has 1 aliphatic heterocycles. The van der Waals surface area contributed by atoms with Crippen LogP contribution in [0.15, 0.2) is 46.9 Å². The zero-order valence-electron chi connectivity index (χ0n) is 14.5. The van der Waals surface area contributed by atoms with Gasteiger partial charge in [0.1, 0.15) is 5.75 Å². The molecule has 2 amide bonds. The van der Waals surface area contributed by atoms with E-state index in [0.29, 0.717) is 13.1 Å². The summed E-state index contributed by atoms with van der Waals surface area (Å²) in [5, 5.41) is 2.97. The molecule has 2 aromatic carbocycles. The van der Waals surface area contributed by atoms with E-state index >= 15 is 0 Å². The van der Waals surface area contributed by atoms with Crippen LogP contribution in [0.2, 0.25) is 0 Å². The minimum atomic E-state index is -0.0508. The average molecular weight is 404 g/mol. The number of carbonyl (C=O) groups is 1. The van der Waals surface area contributed by atoms with Crippen molar-refractivity contribution in [3.8, 4) is 5.75 Å². The van der Waals surface area contributed by atoms with Crippen molar-refractivity contribution in [2.45, 2.75) is 6.92 Å². The normalized spacial score (nSPS) is 14.4. The molecule has 0 aromatic heterocycles. The van der Waals surface area contributed by atoms with Gasteiger partial charge < -0.3 is 19.9 Å². The maximum Gasteiger partial charge on any atom is 0.321 e. The molecule has 1 saturated heterocycles. The predicted molar refractivity (Wildman–Crippen MR) is 105 cm³/mol. The molecule has 0 bridgehead atoms. The third kappa shape index (κ3) is 4.25. The maximum absolute atomic E-state index is 12.5. The molecule has 132 valence electrons. The molecule has 1 N–H and O–H groups in total. The van der Waals surface area contributed by atoms with Gasteiger partial charge in [-0.05, 0) is 48.9 Å². The zero-order valence-corrected chi connectivity index (χ0v) is 16.0. The molecule has 0 saturated carbocycles. The van der Waals surface area contributed by atoms with Gasteiger partial charge in [0.15, 0.2) is 0 Å². The molecule has 0 atom stereocenters. The Hall–Kier alpha value is -2.21. The molecule has 1 heterocycles. The first-order valence-electron chi connectivity index (χ1n) is 8.28. The Bertz CT molecular complexity index is 741. The first kappa shape index (κ1) is 17.6. The van der Waals surface area contributed by atoms with Gasteiger partial charge in [0.2, 0.25) is 0 Å². The highest BCUT2D eigenvalue weighted by Crippen LogP contribution is 2.22. The number of rotatable bonds is 3. The number of amides is 2. The van der Waals surface area contributed by atoms with Crippen molar-refractivity contribution in [1.82, 2.24) is 4.90 Å². The second kappa shape index (κ2) is 7.78. The minimum absolute atomic E-state index is 0.0508. The van der Waals surface area contributed by atoms with Crippen LogP contribution in [0.1, 0.15) is 5.56 Å². The third-order valence-electron chi connectivity index (χ3n) is 4.43. The molecule has 2 aromatic rings. The number of hydrogen-bond acceptors (Lipinski definition) is 3. The molecular weight excluding hydrogens is 382 g/mol. The van der Waals surface area contributed by atoms with Crippen LogP contribution in [0.3, 0.4) is 0 Å². The number of hydrogen-bond donors (Lipinski definition) is 1. The van der Waals surface area contributed by atoms with Crippen molar-refractivity contribution in [1.29, 1.82) is 0 Å². The first-order valence-corrected chi connectivity index (χ1v) is 9.07. The lowest BCUT2D eigenvalue weighted by atomic mass is 10.2. The molecule has 1 aliphatic rings. The number of methoxy groups -OCH3 is 1. The summed E-state index contributed by atoms with van der Waals surface area (Å²) in [4.78, 5) is 16.6. The quantitative estimate of drug-likeness (QED) is 0.837. The number of carbonyl (C=O) groups excluding carboxylic acids is 1. The fraction of sp³-hybridized carbons (Fsp3) is 0.316. The summed E-state index contributed by atoms with van der Waals surface area (Å²) < 4.78 is 6.19. The lowest BCUT2D eigenvalue weighted by Gasteiger charge is -2.36. The monoisotopic (exact) mass is 403 g/mol. The number of benzene rings is 2. The van der Waals surface area contributed by atoms with Gasteiger partial charge in [-0.1, -0.05) is 22.0 Å². The standard InChI is InChI=1S/C19H22BrN3O2/c1-14-3-4-15(13-18(14)20)21-19(24)23-11-9-22(10-12-23)16-5-7-17(25-2)8-6-16/h3-8,13H,9-12H2,1-2H3,(H,21,24). The van der Waals surface area contributed by atoms with Gasteiger partial charge in [-0.2, -0.15) is 0 Å².